The molecule has 3 heteroatoms. The average molecular weight is 270 g/mol. The number of nitrogens with zero attached hydrogens (tertiary/aromatic N) is 1. The topological polar surface area (TPSA) is 24.9 Å². The Morgan fingerprint density at radius 1 is 1.16 bits per heavy atom. The molecule has 1 N–H and O–H groups in total. The van der Waals surface area contributed by atoms with E-state index in [0.717, 1.165) is 24.0 Å². The third kappa shape index (κ3) is 4.08. The Hall–Kier alpha value is -1.32. The highest BCUT2D eigenvalue weighted by atomic mass is 32.2. The summed E-state index contributed by atoms with van der Waals surface area (Å²) in [7, 11) is 0. The molecule has 0 amide bonds. The molecule has 0 radical (unpaired) electrons. The minimum atomic E-state index is 0.768. The number of aromatic nitrogens is 1. The molecule has 19 heavy (non-hydrogen) atoms. The maximum Gasteiger partial charge on any atom is 0.0506 e. The summed E-state index contributed by atoms with van der Waals surface area (Å²) in [6.07, 6.45) is 4.54. The van der Waals surface area contributed by atoms with Crippen molar-refractivity contribution in [2.45, 2.75) is 36.1 Å². The highest BCUT2D eigenvalue weighted by Crippen LogP contribution is 2.24. The van der Waals surface area contributed by atoms with Crippen molar-refractivity contribution >= 4 is 11.8 Å². The van der Waals surface area contributed by atoms with Crippen molar-refractivity contribution in [2.75, 3.05) is 0 Å². The lowest BCUT2D eigenvalue weighted by Crippen LogP contribution is -2.15. The second-order valence-corrected chi connectivity index (χ2v) is 5.96. The van der Waals surface area contributed by atoms with Crippen LogP contribution in [0.3, 0.4) is 0 Å². The fourth-order valence-electron chi connectivity index (χ4n) is 1.94. The van der Waals surface area contributed by atoms with Crippen molar-refractivity contribution in [1.82, 2.24) is 10.3 Å². The second-order valence-electron chi connectivity index (χ2n) is 4.91. The molecule has 2 aromatic rings. The molecule has 0 unspecified atom stereocenters. The van der Waals surface area contributed by atoms with E-state index in [-0.39, 0.29) is 0 Å². The number of thioether (sulfide) groups is 1. The van der Waals surface area contributed by atoms with Crippen molar-refractivity contribution in [3.8, 4) is 0 Å². The molecule has 1 saturated carbocycles. The summed E-state index contributed by atoms with van der Waals surface area (Å²) in [5.74, 6) is 0.931. The first-order chi connectivity index (χ1) is 9.40. The Labute approximate surface area is 118 Å². The second kappa shape index (κ2) is 6.22. The number of benzene rings is 1. The standard InChI is InChI=1S/C16H18N2S/c1-2-9-17-15(5-1)12-19-16-6-3-4-13(10-16)11-18-14-7-8-14/h1-6,9-10,14,18H,7-8,11-12H2. The molecule has 0 atom stereocenters. The van der Waals surface area contributed by atoms with Gasteiger partial charge in [-0.1, -0.05) is 18.2 Å². The largest absolute Gasteiger partial charge is 0.310 e. The summed E-state index contributed by atoms with van der Waals surface area (Å²) >= 11 is 1.85. The van der Waals surface area contributed by atoms with E-state index in [1.165, 1.54) is 23.3 Å². The molecule has 1 aromatic carbocycles. The summed E-state index contributed by atoms with van der Waals surface area (Å²) in [6.45, 7) is 0.989. The lowest BCUT2D eigenvalue weighted by molar-refractivity contribution is 0.687. The van der Waals surface area contributed by atoms with Crippen molar-refractivity contribution in [1.29, 1.82) is 0 Å². The minimum absolute atomic E-state index is 0.768. The highest BCUT2D eigenvalue weighted by Gasteiger charge is 2.19. The smallest absolute Gasteiger partial charge is 0.0506 e. The van der Waals surface area contributed by atoms with Gasteiger partial charge in [-0.05, 0) is 42.7 Å². The predicted molar refractivity (Wildman–Crippen MR) is 80.1 cm³/mol. The highest BCUT2D eigenvalue weighted by molar-refractivity contribution is 7.98. The normalized spacial score (nSPS) is 14.5. The van der Waals surface area contributed by atoms with Crippen LogP contribution in [0.4, 0.5) is 0 Å². The zero-order valence-electron chi connectivity index (χ0n) is 10.9. The molecule has 1 fully saturated rings. The molecule has 1 aromatic heterocycles. The zero-order valence-corrected chi connectivity index (χ0v) is 11.7. The van der Waals surface area contributed by atoms with E-state index >= 15 is 0 Å². The molecule has 0 spiro atoms. The maximum atomic E-state index is 4.35. The van der Waals surface area contributed by atoms with Gasteiger partial charge in [0.1, 0.15) is 0 Å². The van der Waals surface area contributed by atoms with Crippen LogP contribution >= 0.6 is 11.8 Å². The zero-order chi connectivity index (χ0) is 12.9. The first-order valence-corrected chi connectivity index (χ1v) is 7.74. The van der Waals surface area contributed by atoms with Crippen LogP contribution in [0.15, 0.2) is 53.6 Å². The quantitative estimate of drug-likeness (QED) is 0.811. The molecule has 0 aliphatic heterocycles. The fraction of sp³-hybridized carbons (Fsp3) is 0.312. The van der Waals surface area contributed by atoms with Crippen LogP contribution in [0.5, 0.6) is 0 Å². The summed E-state index contributed by atoms with van der Waals surface area (Å²) < 4.78 is 0. The van der Waals surface area contributed by atoms with Crippen molar-refractivity contribution in [2.24, 2.45) is 0 Å². The van der Waals surface area contributed by atoms with Crippen LogP contribution in [0.1, 0.15) is 24.1 Å². The van der Waals surface area contributed by atoms with Gasteiger partial charge in [-0.3, -0.25) is 4.98 Å². The Morgan fingerprint density at radius 2 is 2.11 bits per heavy atom. The molecule has 1 aliphatic rings. The van der Waals surface area contributed by atoms with E-state index in [9.17, 15) is 0 Å². The number of pyridine rings is 1. The fourth-order valence-corrected chi connectivity index (χ4v) is 2.83. The van der Waals surface area contributed by atoms with Gasteiger partial charge in [0.2, 0.25) is 0 Å². The molecule has 1 heterocycles. The van der Waals surface area contributed by atoms with Gasteiger partial charge < -0.3 is 5.32 Å². The van der Waals surface area contributed by atoms with Crippen LogP contribution < -0.4 is 5.32 Å². The molecular weight excluding hydrogens is 252 g/mol. The molecule has 0 saturated heterocycles. The van der Waals surface area contributed by atoms with Gasteiger partial charge >= 0.3 is 0 Å². The summed E-state index contributed by atoms with van der Waals surface area (Å²) in [6, 6.07) is 15.6. The lowest BCUT2D eigenvalue weighted by atomic mass is 10.2. The molecule has 0 bridgehead atoms. The molecular formula is C16H18N2S. The van der Waals surface area contributed by atoms with Crippen LogP contribution in [-0.4, -0.2) is 11.0 Å². The van der Waals surface area contributed by atoms with Gasteiger partial charge in [0.25, 0.3) is 0 Å². The van der Waals surface area contributed by atoms with Gasteiger partial charge in [-0.25, -0.2) is 0 Å². The third-order valence-electron chi connectivity index (χ3n) is 3.18. The van der Waals surface area contributed by atoms with Gasteiger partial charge in [-0.2, -0.15) is 0 Å². The first kappa shape index (κ1) is 12.7. The maximum absolute atomic E-state index is 4.35. The Kier molecular flexibility index (Phi) is 4.16. The molecule has 98 valence electrons. The van der Waals surface area contributed by atoms with Crippen LogP contribution in [0.2, 0.25) is 0 Å². The van der Waals surface area contributed by atoms with Gasteiger partial charge in [0.05, 0.1) is 5.69 Å². The van der Waals surface area contributed by atoms with Crippen LogP contribution in [0, 0.1) is 0 Å². The van der Waals surface area contributed by atoms with E-state index in [2.05, 4.69) is 40.6 Å². The van der Waals surface area contributed by atoms with Crippen molar-refractivity contribution in [3.05, 3.63) is 59.9 Å². The number of nitrogens with one attached hydrogen (secondary N) is 1. The SMILES string of the molecule is c1ccc(CSc2cccc(CNC3CC3)c2)nc1. The lowest BCUT2D eigenvalue weighted by Gasteiger charge is -2.06. The number of rotatable bonds is 6. The van der Waals surface area contributed by atoms with E-state index in [1.54, 1.807) is 0 Å². The van der Waals surface area contributed by atoms with E-state index in [0.29, 0.717) is 0 Å². The summed E-state index contributed by atoms with van der Waals surface area (Å²) in [5, 5.41) is 3.55. The number of hydrogen-bond donors (Lipinski definition) is 1. The van der Waals surface area contributed by atoms with E-state index in [1.807, 2.05) is 30.1 Å². The van der Waals surface area contributed by atoms with Crippen LogP contribution in [-0.2, 0) is 12.3 Å². The molecule has 1 aliphatic carbocycles. The van der Waals surface area contributed by atoms with Crippen molar-refractivity contribution < 1.29 is 0 Å². The van der Waals surface area contributed by atoms with Crippen LogP contribution in [0.25, 0.3) is 0 Å². The van der Waals surface area contributed by atoms with E-state index < -0.39 is 0 Å². The average Bonchev–Trinajstić information content (AvgIpc) is 3.29. The van der Waals surface area contributed by atoms with Gasteiger partial charge in [0, 0.05) is 29.4 Å². The minimum Gasteiger partial charge on any atom is -0.310 e. The summed E-state index contributed by atoms with van der Waals surface area (Å²) in [4.78, 5) is 5.67. The first-order valence-electron chi connectivity index (χ1n) is 6.75. The Bertz CT molecular complexity index is 523. The third-order valence-corrected chi connectivity index (χ3v) is 4.21. The predicted octanol–water partition coefficient (Wildman–Crippen LogP) is 3.63. The Morgan fingerprint density at radius 3 is 2.89 bits per heavy atom. The Balaban J connectivity index is 1.56. The van der Waals surface area contributed by atoms with E-state index in [4.69, 9.17) is 0 Å². The molecule has 3 rings (SSSR count). The van der Waals surface area contributed by atoms with Crippen molar-refractivity contribution in [3.63, 3.8) is 0 Å². The summed E-state index contributed by atoms with van der Waals surface area (Å²) in [5.41, 5.74) is 2.51. The van der Waals surface area contributed by atoms with Gasteiger partial charge in [0.15, 0.2) is 0 Å². The number of hydrogen-bond acceptors (Lipinski definition) is 3. The molecule has 2 nitrogen and oxygen atoms in total. The van der Waals surface area contributed by atoms with Gasteiger partial charge in [-0.15, -0.1) is 11.8 Å². The monoisotopic (exact) mass is 270 g/mol.